The summed E-state index contributed by atoms with van der Waals surface area (Å²) in [6.45, 7) is 10.9. The van der Waals surface area contributed by atoms with E-state index in [2.05, 4.69) is 39.8 Å². The van der Waals surface area contributed by atoms with Gasteiger partial charge in [-0.05, 0) is 46.2 Å². The Morgan fingerprint density at radius 3 is 1.95 bits per heavy atom. The Balaban J connectivity index is 5.21. The highest BCUT2D eigenvalue weighted by Gasteiger charge is 2.35. The van der Waals surface area contributed by atoms with Gasteiger partial charge < -0.3 is 9.64 Å². The first-order chi connectivity index (χ1) is 9.81. The number of ether oxygens (including phenoxy) is 1. The smallest absolute Gasteiger partial charge is 0.211 e. The third-order valence-corrected chi connectivity index (χ3v) is 5.54. The van der Waals surface area contributed by atoms with E-state index in [4.69, 9.17) is 4.74 Å². The maximum absolute atomic E-state index is 11.7. The highest BCUT2D eigenvalue weighted by Crippen LogP contribution is 2.32. The molecule has 0 aromatic carbocycles. The number of hydrogen-bond acceptors (Lipinski definition) is 4. The number of hydrogen-bond donors (Lipinski definition) is 0. The molecule has 0 fully saturated rings. The molecule has 0 heterocycles. The second kappa shape index (κ2) is 8.62. The minimum Gasteiger partial charge on any atom is -0.374 e. The van der Waals surface area contributed by atoms with Crippen LogP contribution in [0, 0.1) is 5.41 Å². The van der Waals surface area contributed by atoms with Crippen molar-refractivity contribution in [3.63, 3.8) is 0 Å². The van der Waals surface area contributed by atoms with Crippen LogP contribution in [0.5, 0.6) is 0 Å². The van der Waals surface area contributed by atoms with Crippen LogP contribution in [-0.2, 0) is 14.8 Å². The Kier molecular flexibility index (Phi) is 8.55. The Hall–Kier alpha value is -0.170. The van der Waals surface area contributed by atoms with Crippen molar-refractivity contribution >= 4 is 10.0 Å². The van der Waals surface area contributed by atoms with Crippen molar-refractivity contribution in [3.8, 4) is 0 Å². The van der Waals surface area contributed by atoms with E-state index in [1.165, 1.54) is 10.6 Å². The van der Waals surface area contributed by atoms with Crippen LogP contribution in [0.15, 0.2) is 0 Å². The van der Waals surface area contributed by atoms with Crippen molar-refractivity contribution < 1.29 is 13.2 Å². The maximum atomic E-state index is 11.7. The standard InChI is InChI=1S/C16H36N2O3S/c1-10-14(17(6)7)11-16(4,5)15(21-13(2)3)12-18(8)22(9,19)20/h13-15H,10-12H2,1-9H3. The molecule has 0 radical (unpaired) electrons. The van der Waals surface area contributed by atoms with E-state index in [0.717, 1.165) is 12.8 Å². The molecule has 0 aliphatic heterocycles. The lowest BCUT2D eigenvalue weighted by Gasteiger charge is -2.40. The zero-order valence-electron chi connectivity index (χ0n) is 15.9. The van der Waals surface area contributed by atoms with Crippen molar-refractivity contribution in [1.29, 1.82) is 0 Å². The molecule has 0 aliphatic carbocycles. The Labute approximate surface area is 138 Å². The molecular weight excluding hydrogens is 300 g/mol. The van der Waals surface area contributed by atoms with Gasteiger partial charge in [-0.3, -0.25) is 0 Å². The van der Waals surface area contributed by atoms with Crippen LogP contribution in [0.3, 0.4) is 0 Å². The second-order valence-corrected chi connectivity index (χ2v) is 9.52. The van der Waals surface area contributed by atoms with E-state index < -0.39 is 10.0 Å². The maximum Gasteiger partial charge on any atom is 0.211 e. The van der Waals surface area contributed by atoms with Crippen molar-refractivity contribution in [2.75, 3.05) is 33.9 Å². The Morgan fingerprint density at radius 1 is 1.14 bits per heavy atom. The molecule has 0 aromatic rings. The van der Waals surface area contributed by atoms with E-state index in [9.17, 15) is 8.42 Å². The van der Waals surface area contributed by atoms with Gasteiger partial charge in [0.1, 0.15) is 0 Å². The zero-order chi connectivity index (χ0) is 17.7. The van der Waals surface area contributed by atoms with E-state index in [-0.39, 0.29) is 17.6 Å². The average Bonchev–Trinajstić information content (AvgIpc) is 2.32. The molecule has 2 unspecified atom stereocenters. The summed E-state index contributed by atoms with van der Waals surface area (Å²) in [5.74, 6) is 0. The second-order valence-electron chi connectivity index (χ2n) is 7.44. The van der Waals surface area contributed by atoms with Gasteiger partial charge in [-0.2, -0.15) is 0 Å². The Bertz CT molecular complexity index is 419. The zero-order valence-corrected chi connectivity index (χ0v) is 16.7. The van der Waals surface area contributed by atoms with Crippen LogP contribution in [0.4, 0.5) is 0 Å². The van der Waals surface area contributed by atoms with Gasteiger partial charge in [0.15, 0.2) is 0 Å². The SMILES string of the molecule is CCC(CC(C)(C)C(CN(C)S(C)(=O)=O)OC(C)C)N(C)C. The number of rotatable bonds is 10. The molecule has 22 heavy (non-hydrogen) atoms. The van der Waals surface area contributed by atoms with Gasteiger partial charge in [-0.1, -0.05) is 20.8 Å². The first-order valence-electron chi connectivity index (χ1n) is 8.04. The first-order valence-corrected chi connectivity index (χ1v) is 9.89. The minimum atomic E-state index is -3.20. The van der Waals surface area contributed by atoms with Gasteiger partial charge in [0, 0.05) is 19.6 Å². The number of likely N-dealkylation sites (N-methyl/N-ethyl adjacent to an activating group) is 1. The van der Waals surface area contributed by atoms with Crippen LogP contribution in [0.1, 0.15) is 47.5 Å². The number of sulfonamides is 1. The highest BCUT2D eigenvalue weighted by molar-refractivity contribution is 7.88. The molecule has 2 atom stereocenters. The largest absolute Gasteiger partial charge is 0.374 e. The van der Waals surface area contributed by atoms with E-state index >= 15 is 0 Å². The molecule has 0 aliphatic rings. The summed E-state index contributed by atoms with van der Waals surface area (Å²) in [5.41, 5.74) is -0.117. The predicted molar refractivity (Wildman–Crippen MR) is 93.6 cm³/mol. The molecule has 5 nitrogen and oxygen atoms in total. The molecule has 0 saturated heterocycles. The molecule has 0 saturated carbocycles. The molecule has 6 heteroatoms. The summed E-state index contributed by atoms with van der Waals surface area (Å²) in [5, 5.41) is 0. The average molecular weight is 337 g/mol. The molecule has 0 spiro atoms. The van der Waals surface area contributed by atoms with E-state index in [0.29, 0.717) is 12.6 Å². The monoisotopic (exact) mass is 336 g/mol. The third-order valence-electron chi connectivity index (χ3n) is 4.26. The molecule has 0 amide bonds. The van der Waals surface area contributed by atoms with Crippen LogP contribution in [0.25, 0.3) is 0 Å². The van der Waals surface area contributed by atoms with Crippen molar-refractivity contribution in [2.24, 2.45) is 5.41 Å². The van der Waals surface area contributed by atoms with Gasteiger partial charge in [-0.25, -0.2) is 12.7 Å². The van der Waals surface area contributed by atoms with Crippen LogP contribution in [0.2, 0.25) is 0 Å². The van der Waals surface area contributed by atoms with Crippen molar-refractivity contribution in [3.05, 3.63) is 0 Å². The van der Waals surface area contributed by atoms with E-state index in [1.807, 2.05) is 13.8 Å². The molecule has 0 N–H and O–H groups in total. The molecule has 0 rings (SSSR count). The van der Waals surface area contributed by atoms with E-state index in [1.54, 1.807) is 7.05 Å². The summed E-state index contributed by atoms with van der Waals surface area (Å²) >= 11 is 0. The third kappa shape index (κ3) is 7.40. The topological polar surface area (TPSA) is 49.9 Å². The minimum absolute atomic E-state index is 0.0664. The summed E-state index contributed by atoms with van der Waals surface area (Å²) < 4.78 is 30.9. The van der Waals surface area contributed by atoms with Gasteiger partial charge in [0.25, 0.3) is 0 Å². The summed E-state index contributed by atoms with van der Waals surface area (Å²) in [6, 6.07) is 0.455. The normalized spacial score (nSPS) is 16.5. The van der Waals surface area contributed by atoms with Gasteiger partial charge >= 0.3 is 0 Å². The van der Waals surface area contributed by atoms with Crippen molar-refractivity contribution in [1.82, 2.24) is 9.21 Å². The molecule has 134 valence electrons. The lowest BCUT2D eigenvalue weighted by Crippen LogP contribution is -2.46. The number of nitrogens with zero attached hydrogens (tertiary/aromatic N) is 2. The Morgan fingerprint density at radius 2 is 1.64 bits per heavy atom. The fraction of sp³-hybridized carbons (Fsp3) is 1.00. The van der Waals surface area contributed by atoms with Gasteiger partial charge in [-0.15, -0.1) is 0 Å². The summed E-state index contributed by atoms with van der Waals surface area (Å²) in [4.78, 5) is 2.23. The lowest BCUT2D eigenvalue weighted by atomic mass is 9.79. The summed E-state index contributed by atoms with van der Waals surface area (Å²) in [6.07, 6.45) is 3.19. The van der Waals surface area contributed by atoms with Gasteiger partial charge in [0.05, 0.1) is 18.5 Å². The summed E-state index contributed by atoms with van der Waals surface area (Å²) in [7, 11) is 2.59. The molecule has 0 aromatic heterocycles. The van der Waals surface area contributed by atoms with Crippen molar-refractivity contribution in [2.45, 2.75) is 65.7 Å². The lowest BCUT2D eigenvalue weighted by molar-refractivity contribution is -0.0724. The molecular formula is C16H36N2O3S. The van der Waals surface area contributed by atoms with Crippen LogP contribution >= 0.6 is 0 Å². The van der Waals surface area contributed by atoms with Crippen LogP contribution < -0.4 is 0 Å². The first kappa shape index (κ1) is 21.8. The fourth-order valence-electron chi connectivity index (χ4n) is 2.60. The van der Waals surface area contributed by atoms with Gasteiger partial charge in [0.2, 0.25) is 10.0 Å². The highest BCUT2D eigenvalue weighted by atomic mass is 32.2. The fourth-order valence-corrected chi connectivity index (χ4v) is 3.01. The quantitative estimate of drug-likeness (QED) is 0.615. The van der Waals surface area contributed by atoms with Crippen LogP contribution in [-0.4, -0.2) is 69.8 Å². The predicted octanol–water partition coefficient (Wildman–Crippen LogP) is 2.43. The molecule has 0 bridgehead atoms.